The van der Waals surface area contributed by atoms with Crippen molar-refractivity contribution in [2.24, 2.45) is 4.99 Å². The minimum absolute atomic E-state index is 0.249. The van der Waals surface area contributed by atoms with Crippen LogP contribution in [0.4, 0.5) is 18.9 Å². The van der Waals surface area contributed by atoms with E-state index in [1.165, 1.54) is 12.1 Å². The molecule has 0 heterocycles. The molecule has 0 aliphatic carbocycles. The number of isothiocyanates is 1. The van der Waals surface area contributed by atoms with Crippen LogP contribution in [0.5, 0.6) is 5.75 Å². The van der Waals surface area contributed by atoms with E-state index >= 15 is 0 Å². The van der Waals surface area contributed by atoms with Gasteiger partial charge in [0, 0.05) is 11.1 Å². The number of rotatable bonds is 3. The average Bonchev–Trinajstić information content (AvgIpc) is 2.68. The van der Waals surface area contributed by atoms with Crippen LogP contribution in [0.15, 0.2) is 71.7 Å². The van der Waals surface area contributed by atoms with Gasteiger partial charge in [-0.15, -0.1) is 13.2 Å². The van der Waals surface area contributed by atoms with Gasteiger partial charge in [0.15, 0.2) is 0 Å². The molecule has 0 aliphatic heterocycles. The first-order valence-electron chi connectivity index (χ1n) is 8.51. The van der Waals surface area contributed by atoms with E-state index in [1.54, 1.807) is 12.1 Å². The van der Waals surface area contributed by atoms with Gasteiger partial charge in [-0.25, -0.2) is 0 Å². The molecule has 0 amide bonds. The van der Waals surface area contributed by atoms with E-state index in [-0.39, 0.29) is 5.75 Å². The molecule has 144 valence electrons. The van der Waals surface area contributed by atoms with Crippen LogP contribution < -0.4 is 4.74 Å². The maximum Gasteiger partial charge on any atom is 0.573 e. The molecule has 0 atom stereocenters. The molecule has 0 saturated heterocycles. The van der Waals surface area contributed by atoms with Crippen molar-refractivity contribution >= 4 is 23.1 Å². The molecule has 0 fully saturated rings. The van der Waals surface area contributed by atoms with Crippen LogP contribution >= 0.6 is 12.2 Å². The summed E-state index contributed by atoms with van der Waals surface area (Å²) in [5, 5.41) is 2.35. The van der Waals surface area contributed by atoms with Gasteiger partial charge in [-0.1, -0.05) is 36.1 Å². The zero-order chi connectivity index (χ0) is 20.9. The van der Waals surface area contributed by atoms with Crippen LogP contribution in [0.2, 0.25) is 0 Å². The summed E-state index contributed by atoms with van der Waals surface area (Å²) in [6.45, 7) is 1.93. The third kappa shape index (κ3) is 5.79. The van der Waals surface area contributed by atoms with Gasteiger partial charge in [0.2, 0.25) is 0 Å². The summed E-state index contributed by atoms with van der Waals surface area (Å²) in [5.41, 5.74) is 5.06. The summed E-state index contributed by atoms with van der Waals surface area (Å²) in [5.74, 6) is 5.94. The predicted molar refractivity (Wildman–Crippen MR) is 110 cm³/mol. The number of halogens is 3. The van der Waals surface area contributed by atoms with E-state index in [2.05, 4.69) is 38.9 Å². The number of benzene rings is 3. The van der Waals surface area contributed by atoms with Gasteiger partial charge in [0.05, 0.1) is 10.8 Å². The molecule has 2 nitrogen and oxygen atoms in total. The quantitative estimate of drug-likeness (QED) is 0.273. The van der Waals surface area contributed by atoms with Crippen LogP contribution in [-0.2, 0) is 0 Å². The summed E-state index contributed by atoms with van der Waals surface area (Å²) >= 11 is 4.62. The van der Waals surface area contributed by atoms with Gasteiger partial charge >= 0.3 is 6.36 Å². The maximum absolute atomic E-state index is 12.2. The molecule has 6 heteroatoms. The highest BCUT2D eigenvalue weighted by Gasteiger charge is 2.30. The van der Waals surface area contributed by atoms with Crippen LogP contribution in [0.3, 0.4) is 0 Å². The molecule has 0 N–H and O–H groups in total. The standard InChI is InChI=1S/C23H14F3NOS/c1-16-14-18(6-13-22(16)27-15-29)3-2-17-4-7-19(8-5-17)20-9-11-21(12-10-20)28-23(24,25)26/h4-14H,1H3. The molecule has 3 rings (SSSR count). The first kappa shape index (κ1) is 20.3. The highest BCUT2D eigenvalue weighted by Crippen LogP contribution is 2.26. The third-order valence-electron chi connectivity index (χ3n) is 4.02. The van der Waals surface area contributed by atoms with E-state index in [0.717, 1.165) is 33.5 Å². The zero-order valence-corrected chi connectivity index (χ0v) is 16.1. The van der Waals surface area contributed by atoms with Crippen molar-refractivity contribution in [3.05, 3.63) is 83.4 Å². The Morgan fingerprint density at radius 2 is 1.38 bits per heavy atom. The second-order valence-electron chi connectivity index (χ2n) is 6.10. The summed E-state index contributed by atoms with van der Waals surface area (Å²) in [7, 11) is 0. The molecule has 3 aromatic carbocycles. The Labute approximate surface area is 171 Å². The summed E-state index contributed by atoms with van der Waals surface area (Å²) in [4.78, 5) is 3.98. The SMILES string of the molecule is Cc1cc(C#Cc2ccc(-c3ccc(OC(F)(F)F)cc3)cc2)ccc1N=C=S. The summed E-state index contributed by atoms with van der Waals surface area (Å²) in [6.07, 6.45) is -4.70. The Bertz CT molecular complexity index is 1120. The Kier molecular flexibility index (Phi) is 6.13. The molecule has 0 radical (unpaired) electrons. The largest absolute Gasteiger partial charge is 0.573 e. The molecule has 0 bridgehead atoms. The van der Waals surface area contributed by atoms with Crippen LogP contribution in [0, 0.1) is 18.8 Å². The van der Waals surface area contributed by atoms with E-state index in [4.69, 9.17) is 0 Å². The zero-order valence-electron chi connectivity index (χ0n) is 15.2. The number of aliphatic imine (C=N–C) groups is 1. The maximum atomic E-state index is 12.2. The lowest BCUT2D eigenvalue weighted by Gasteiger charge is -2.09. The van der Waals surface area contributed by atoms with Crippen molar-refractivity contribution in [1.29, 1.82) is 0 Å². The molecule has 0 unspecified atom stereocenters. The van der Waals surface area contributed by atoms with E-state index in [9.17, 15) is 13.2 Å². The molecule has 3 aromatic rings. The number of hydrogen-bond donors (Lipinski definition) is 0. The summed E-state index contributed by atoms with van der Waals surface area (Å²) in [6, 6.07) is 18.8. The van der Waals surface area contributed by atoms with Gasteiger partial charge in [-0.2, -0.15) is 4.99 Å². The number of ether oxygens (including phenoxy) is 1. The first-order valence-corrected chi connectivity index (χ1v) is 8.92. The minimum atomic E-state index is -4.70. The van der Waals surface area contributed by atoms with E-state index in [0.29, 0.717) is 0 Å². The van der Waals surface area contributed by atoms with Crippen molar-refractivity contribution in [3.63, 3.8) is 0 Å². The number of nitrogens with zero attached hydrogens (tertiary/aromatic N) is 1. The molecule has 0 aliphatic rings. The molecule has 0 saturated carbocycles. The Hall–Kier alpha value is -3.39. The van der Waals surface area contributed by atoms with Crippen LogP contribution in [0.1, 0.15) is 16.7 Å². The van der Waals surface area contributed by atoms with Crippen molar-refractivity contribution < 1.29 is 17.9 Å². The van der Waals surface area contributed by atoms with Crippen molar-refractivity contribution in [3.8, 4) is 28.7 Å². The van der Waals surface area contributed by atoms with Gasteiger partial charge in [-0.3, -0.25) is 0 Å². The molecule has 0 aromatic heterocycles. The topological polar surface area (TPSA) is 21.6 Å². The van der Waals surface area contributed by atoms with Gasteiger partial charge < -0.3 is 4.74 Å². The number of thiocarbonyl (C=S) groups is 1. The van der Waals surface area contributed by atoms with Crippen LogP contribution in [-0.4, -0.2) is 11.5 Å². The Morgan fingerprint density at radius 3 is 1.93 bits per heavy atom. The molecule has 29 heavy (non-hydrogen) atoms. The second kappa shape index (κ2) is 8.74. The number of aryl methyl sites for hydroxylation is 1. The van der Waals surface area contributed by atoms with Crippen molar-refractivity contribution in [1.82, 2.24) is 0 Å². The second-order valence-corrected chi connectivity index (χ2v) is 6.29. The lowest BCUT2D eigenvalue weighted by molar-refractivity contribution is -0.274. The van der Waals surface area contributed by atoms with Gasteiger partial charge in [0.25, 0.3) is 0 Å². The van der Waals surface area contributed by atoms with Crippen molar-refractivity contribution in [2.45, 2.75) is 13.3 Å². The Morgan fingerprint density at radius 1 is 0.828 bits per heavy atom. The van der Waals surface area contributed by atoms with Crippen molar-refractivity contribution in [2.75, 3.05) is 0 Å². The van der Waals surface area contributed by atoms with Gasteiger partial charge in [-0.05, 0) is 78.3 Å². The lowest BCUT2D eigenvalue weighted by atomic mass is 10.0. The number of hydrogen-bond acceptors (Lipinski definition) is 3. The Balaban J connectivity index is 1.74. The number of alkyl halides is 3. The van der Waals surface area contributed by atoms with Gasteiger partial charge in [0.1, 0.15) is 5.75 Å². The normalized spacial score (nSPS) is 10.5. The third-order valence-corrected chi connectivity index (χ3v) is 4.11. The predicted octanol–water partition coefficient (Wildman–Crippen LogP) is 6.69. The smallest absolute Gasteiger partial charge is 0.406 e. The van der Waals surface area contributed by atoms with Crippen LogP contribution in [0.25, 0.3) is 11.1 Å². The minimum Gasteiger partial charge on any atom is -0.406 e. The summed E-state index contributed by atoms with van der Waals surface area (Å²) < 4.78 is 40.6. The molecular formula is C23H14F3NOS. The van der Waals surface area contributed by atoms with E-state index in [1.807, 2.05) is 49.4 Å². The molecule has 0 spiro atoms. The monoisotopic (exact) mass is 409 g/mol. The van der Waals surface area contributed by atoms with E-state index < -0.39 is 6.36 Å². The fourth-order valence-electron chi connectivity index (χ4n) is 2.65. The molecular weight excluding hydrogens is 395 g/mol. The fourth-order valence-corrected chi connectivity index (χ4v) is 2.75. The fraction of sp³-hybridized carbons (Fsp3) is 0.0870. The highest BCUT2D eigenvalue weighted by atomic mass is 32.1. The average molecular weight is 409 g/mol. The first-order chi connectivity index (χ1) is 13.8. The highest BCUT2D eigenvalue weighted by molar-refractivity contribution is 7.78. The lowest BCUT2D eigenvalue weighted by Crippen LogP contribution is -2.16.